The SMILES string of the molecule is CC\C=C/C=C\C=C/C=C\C=C/CCCC(=O)OC(COC(=O)CCC/C=C\CCCCCC)COC(=O)CCCCC/C=C\C/C=C\C/C=C\C/C=C\CC. The Balaban J connectivity index is 4.59. The van der Waals surface area contributed by atoms with Crippen LogP contribution in [0.5, 0.6) is 0 Å². The molecule has 0 saturated carbocycles. The molecule has 312 valence electrons. The van der Waals surface area contributed by atoms with E-state index in [2.05, 4.69) is 87.6 Å². The Hall–Kier alpha value is -4.19. The van der Waals surface area contributed by atoms with Crippen molar-refractivity contribution in [1.29, 1.82) is 0 Å². The minimum absolute atomic E-state index is 0.136. The molecule has 0 aromatic heterocycles. The fraction of sp³-hybridized carbons (Fsp3) is 0.540. The van der Waals surface area contributed by atoms with E-state index < -0.39 is 12.1 Å². The highest BCUT2D eigenvalue weighted by Gasteiger charge is 2.19. The highest BCUT2D eigenvalue weighted by atomic mass is 16.6. The van der Waals surface area contributed by atoms with Crippen LogP contribution in [0, 0.1) is 0 Å². The van der Waals surface area contributed by atoms with Crippen LogP contribution >= 0.6 is 0 Å². The van der Waals surface area contributed by atoms with Crippen LogP contribution < -0.4 is 0 Å². The van der Waals surface area contributed by atoms with Crippen LogP contribution in [0.2, 0.25) is 0 Å². The second-order valence-corrected chi connectivity index (χ2v) is 13.6. The van der Waals surface area contributed by atoms with Crippen molar-refractivity contribution < 1.29 is 28.6 Å². The fourth-order valence-electron chi connectivity index (χ4n) is 5.11. The average Bonchev–Trinajstić information content (AvgIpc) is 3.19. The molecule has 0 aliphatic carbocycles. The number of hydrogen-bond donors (Lipinski definition) is 0. The van der Waals surface area contributed by atoms with Gasteiger partial charge >= 0.3 is 17.9 Å². The summed E-state index contributed by atoms with van der Waals surface area (Å²) < 4.78 is 16.5. The van der Waals surface area contributed by atoms with Crippen molar-refractivity contribution in [3.63, 3.8) is 0 Å². The summed E-state index contributed by atoms with van der Waals surface area (Å²) in [5, 5.41) is 0. The lowest BCUT2D eigenvalue weighted by atomic mass is 10.1. The highest BCUT2D eigenvalue weighted by Crippen LogP contribution is 2.09. The molecule has 6 nitrogen and oxygen atoms in total. The largest absolute Gasteiger partial charge is 0.462 e. The van der Waals surface area contributed by atoms with E-state index in [0.717, 1.165) is 77.0 Å². The van der Waals surface area contributed by atoms with Gasteiger partial charge in [-0.2, -0.15) is 0 Å². The van der Waals surface area contributed by atoms with E-state index in [0.29, 0.717) is 19.3 Å². The van der Waals surface area contributed by atoms with Crippen molar-refractivity contribution in [2.75, 3.05) is 13.2 Å². The zero-order chi connectivity index (χ0) is 40.8. The van der Waals surface area contributed by atoms with E-state index in [4.69, 9.17) is 14.2 Å². The molecule has 0 rings (SSSR count). The molecule has 0 aromatic rings. The molecular weight excluding hydrogens is 697 g/mol. The molecule has 0 amide bonds. The van der Waals surface area contributed by atoms with Gasteiger partial charge in [-0.3, -0.25) is 14.4 Å². The van der Waals surface area contributed by atoms with Gasteiger partial charge in [-0.15, -0.1) is 0 Å². The molecule has 0 aliphatic rings. The molecule has 0 aliphatic heterocycles. The van der Waals surface area contributed by atoms with Crippen LogP contribution in [0.25, 0.3) is 0 Å². The van der Waals surface area contributed by atoms with Crippen molar-refractivity contribution in [3.05, 3.63) is 122 Å². The Kier molecular flexibility index (Phi) is 40.3. The van der Waals surface area contributed by atoms with Crippen molar-refractivity contribution in [3.8, 4) is 0 Å². The summed E-state index contributed by atoms with van der Waals surface area (Å²) in [6.07, 6.45) is 59.1. The fourth-order valence-corrected chi connectivity index (χ4v) is 5.11. The Bertz CT molecular complexity index is 1260. The first-order chi connectivity index (χ1) is 27.5. The molecule has 1 atom stereocenters. The molecule has 0 bridgehead atoms. The Morgan fingerprint density at radius 3 is 1.36 bits per heavy atom. The van der Waals surface area contributed by atoms with E-state index in [1.807, 2.05) is 54.7 Å². The van der Waals surface area contributed by atoms with Gasteiger partial charge in [-0.1, -0.05) is 168 Å². The summed E-state index contributed by atoms with van der Waals surface area (Å²) in [7, 11) is 0. The predicted molar refractivity (Wildman–Crippen MR) is 237 cm³/mol. The van der Waals surface area contributed by atoms with Crippen LogP contribution in [0.1, 0.15) is 156 Å². The van der Waals surface area contributed by atoms with Crippen molar-refractivity contribution in [1.82, 2.24) is 0 Å². The summed E-state index contributed by atoms with van der Waals surface area (Å²) in [6, 6.07) is 0. The molecule has 0 aromatic carbocycles. The molecule has 6 heteroatoms. The van der Waals surface area contributed by atoms with Gasteiger partial charge < -0.3 is 14.2 Å². The molecule has 56 heavy (non-hydrogen) atoms. The van der Waals surface area contributed by atoms with E-state index in [-0.39, 0.29) is 38.0 Å². The molecular formula is C50H76O6. The van der Waals surface area contributed by atoms with E-state index in [1.54, 1.807) is 0 Å². The first-order valence-electron chi connectivity index (χ1n) is 21.6. The number of rotatable bonds is 36. The van der Waals surface area contributed by atoms with Gasteiger partial charge in [0.2, 0.25) is 0 Å². The van der Waals surface area contributed by atoms with Crippen molar-refractivity contribution >= 4 is 17.9 Å². The van der Waals surface area contributed by atoms with Crippen molar-refractivity contribution in [2.24, 2.45) is 0 Å². The van der Waals surface area contributed by atoms with Gasteiger partial charge in [0.25, 0.3) is 0 Å². The van der Waals surface area contributed by atoms with Gasteiger partial charge in [0.05, 0.1) is 0 Å². The van der Waals surface area contributed by atoms with Gasteiger partial charge in [0, 0.05) is 19.3 Å². The molecule has 0 N–H and O–H groups in total. The normalized spacial score (nSPS) is 13.3. The van der Waals surface area contributed by atoms with E-state index in [9.17, 15) is 14.4 Å². The zero-order valence-corrected chi connectivity index (χ0v) is 35.3. The summed E-state index contributed by atoms with van der Waals surface area (Å²) in [4.78, 5) is 37.6. The summed E-state index contributed by atoms with van der Waals surface area (Å²) in [5.41, 5.74) is 0. The maximum atomic E-state index is 12.7. The van der Waals surface area contributed by atoms with Gasteiger partial charge in [0.15, 0.2) is 6.10 Å². The van der Waals surface area contributed by atoms with Crippen LogP contribution in [0.4, 0.5) is 0 Å². The number of unbranched alkanes of at least 4 members (excludes halogenated alkanes) is 9. The number of ether oxygens (including phenoxy) is 3. The van der Waals surface area contributed by atoms with Crippen LogP contribution in [0.3, 0.4) is 0 Å². The maximum absolute atomic E-state index is 12.7. The Morgan fingerprint density at radius 2 is 0.804 bits per heavy atom. The number of carbonyl (C=O) groups is 3. The second kappa shape index (κ2) is 43.5. The van der Waals surface area contributed by atoms with Crippen molar-refractivity contribution in [2.45, 2.75) is 162 Å². The molecule has 0 heterocycles. The van der Waals surface area contributed by atoms with Gasteiger partial charge in [0.1, 0.15) is 13.2 Å². The summed E-state index contributed by atoms with van der Waals surface area (Å²) in [6.45, 7) is 6.18. The lowest BCUT2D eigenvalue weighted by Crippen LogP contribution is -2.30. The lowest BCUT2D eigenvalue weighted by molar-refractivity contribution is -0.167. The third kappa shape index (κ3) is 41.0. The first-order valence-corrected chi connectivity index (χ1v) is 21.6. The third-order valence-electron chi connectivity index (χ3n) is 8.31. The summed E-state index contributed by atoms with van der Waals surface area (Å²) in [5.74, 6) is -1.09. The molecule has 0 saturated heterocycles. The minimum atomic E-state index is -0.839. The number of allylic oxidation sites excluding steroid dienone is 20. The molecule has 1 unspecified atom stereocenters. The van der Waals surface area contributed by atoms with E-state index >= 15 is 0 Å². The molecule has 0 radical (unpaired) electrons. The quantitative estimate of drug-likeness (QED) is 0.0207. The lowest BCUT2D eigenvalue weighted by Gasteiger charge is -2.18. The molecule has 0 fully saturated rings. The standard InChI is InChI=1S/C50H76O6/c1-4-7-10-13-16-19-21-23-24-25-27-28-31-34-37-40-43-49(52)55-46-47(45-54-48(51)42-39-36-33-30-18-15-12-9-6-3)56-50(53)44-41-38-35-32-29-26-22-20-17-14-11-8-5-2/h7-8,10-11,14,16-17,19-20,22-24,26-30,32-33,35,47H,4-6,9,12-13,15,18,21,25,31,34,36-46H2,1-3H3/b10-7-,11-8-,17-14-,19-16-,22-20-,24-23-,28-27-,29-26-,33-30-,35-32-. The Labute approximate surface area is 342 Å². The molecule has 0 spiro atoms. The first kappa shape index (κ1) is 51.8. The average molecular weight is 773 g/mol. The number of hydrogen-bond acceptors (Lipinski definition) is 6. The van der Waals surface area contributed by atoms with Crippen LogP contribution in [0.15, 0.2) is 122 Å². The van der Waals surface area contributed by atoms with Crippen LogP contribution in [-0.2, 0) is 28.6 Å². The zero-order valence-electron chi connectivity index (χ0n) is 35.3. The van der Waals surface area contributed by atoms with E-state index in [1.165, 1.54) is 25.7 Å². The second-order valence-electron chi connectivity index (χ2n) is 13.6. The predicted octanol–water partition coefficient (Wildman–Crippen LogP) is 13.8. The Morgan fingerprint density at radius 1 is 0.393 bits per heavy atom. The monoisotopic (exact) mass is 773 g/mol. The number of esters is 3. The van der Waals surface area contributed by atoms with Gasteiger partial charge in [-0.25, -0.2) is 0 Å². The number of carbonyl (C=O) groups excluding carboxylic acids is 3. The maximum Gasteiger partial charge on any atom is 0.306 e. The van der Waals surface area contributed by atoms with Gasteiger partial charge in [-0.05, 0) is 89.9 Å². The summed E-state index contributed by atoms with van der Waals surface area (Å²) >= 11 is 0. The van der Waals surface area contributed by atoms with Crippen LogP contribution in [-0.4, -0.2) is 37.2 Å². The smallest absolute Gasteiger partial charge is 0.306 e. The topological polar surface area (TPSA) is 78.9 Å². The highest BCUT2D eigenvalue weighted by molar-refractivity contribution is 5.71. The minimum Gasteiger partial charge on any atom is -0.462 e. The third-order valence-corrected chi connectivity index (χ3v) is 8.31.